The molecule has 0 radical (unpaired) electrons. The molecule has 0 spiro atoms. The highest BCUT2D eigenvalue weighted by molar-refractivity contribution is 6.07. The summed E-state index contributed by atoms with van der Waals surface area (Å²) in [5, 5.41) is 4.78. The Kier molecular flexibility index (Phi) is 6.20. The van der Waals surface area contributed by atoms with Crippen molar-refractivity contribution in [2.24, 2.45) is 7.05 Å². The molecule has 2 heterocycles. The van der Waals surface area contributed by atoms with Crippen LogP contribution in [0.25, 0.3) is 43.7 Å². The molecule has 0 aliphatic carbocycles. The molecule has 6 heteroatoms. The van der Waals surface area contributed by atoms with Crippen LogP contribution in [0, 0.1) is 6.92 Å². The molecule has 0 saturated heterocycles. The summed E-state index contributed by atoms with van der Waals surface area (Å²) in [5.41, 5.74) is 5.90. The van der Waals surface area contributed by atoms with E-state index in [1.807, 2.05) is 12.3 Å². The van der Waals surface area contributed by atoms with Crippen LogP contribution in [0.2, 0.25) is 0 Å². The molecule has 6 aromatic rings. The van der Waals surface area contributed by atoms with Crippen molar-refractivity contribution < 1.29 is 30.1 Å². The zero-order valence-electron chi connectivity index (χ0n) is 20.4. The van der Waals surface area contributed by atoms with Gasteiger partial charge in [0.15, 0.2) is 6.20 Å². The zero-order chi connectivity index (χ0) is 25.0. The molecule has 0 aliphatic rings. The van der Waals surface area contributed by atoms with Gasteiger partial charge in [-0.15, -0.1) is 0 Å². The lowest BCUT2D eigenvalue weighted by atomic mass is 9.97. The Morgan fingerprint density at radius 3 is 2.30 bits per heavy atom. The molecule has 186 valence electrons. The number of rotatable bonds is 3. The third kappa shape index (κ3) is 4.44. The van der Waals surface area contributed by atoms with Gasteiger partial charge in [0.05, 0.1) is 10.9 Å². The highest BCUT2D eigenvalue weighted by Crippen LogP contribution is 2.32. The van der Waals surface area contributed by atoms with Crippen molar-refractivity contribution in [3.63, 3.8) is 0 Å². The Hall–Kier alpha value is -3.83. The van der Waals surface area contributed by atoms with E-state index in [0.717, 1.165) is 39.7 Å². The second-order valence-corrected chi connectivity index (χ2v) is 9.42. The van der Waals surface area contributed by atoms with Crippen LogP contribution in [0.4, 0.5) is 13.2 Å². The van der Waals surface area contributed by atoms with Crippen LogP contribution < -0.4 is 17.0 Å². The van der Waals surface area contributed by atoms with Crippen molar-refractivity contribution in [3.8, 4) is 11.1 Å². The molecule has 6 rings (SSSR count). The fourth-order valence-electron chi connectivity index (χ4n) is 5.16. The molecule has 0 saturated carbocycles. The average Bonchev–Trinajstić information content (AvgIpc) is 3.25. The molecule has 2 aromatic heterocycles. The van der Waals surface area contributed by atoms with Gasteiger partial charge in [-0.2, -0.15) is 13.2 Å². The molecule has 2 nitrogen and oxygen atoms in total. The van der Waals surface area contributed by atoms with E-state index in [4.69, 9.17) is 0 Å². The van der Waals surface area contributed by atoms with Gasteiger partial charge in [0.1, 0.15) is 7.05 Å². The zero-order valence-corrected chi connectivity index (χ0v) is 21.1. The minimum Gasteiger partial charge on any atom is -1.00 e. The second kappa shape index (κ2) is 9.24. The van der Waals surface area contributed by atoms with Gasteiger partial charge >= 0.3 is 6.18 Å². The van der Waals surface area contributed by atoms with Gasteiger partial charge in [-0.3, -0.25) is 0 Å². The van der Waals surface area contributed by atoms with Crippen molar-refractivity contribution in [3.05, 3.63) is 114 Å². The van der Waals surface area contributed by atoms with Gasteiger partial charge in [0.2, 0.25) is 5.52 Å². The monoisotopic (exact) mass is 516 g/mol. The fourth-order valence-corrected chi connectivity index (χ4v) is 5.16. The molecule has 0 unspecified atom stereocenters. The first-order valence-electron chi connectivity index (χ1n) is 11.8. The number of hydrogen-bond acceptors (Lipinski definition) is 0. The smallest absolute Gasteiger partial charge is 0.416 e. The second-order valence-electron chi connectivity index (χ2n) is 9.42. The maximum Gasteiger partial charge on any atom is 0.416 e. The number of pyridine rings is 1. The van der Waals surface area contributed by atoms with Gasteiger partial charge in [-0.25, -0.2) is 4.57 Å². The minimum absolute atomic E-state index is 0. The molecule has 0 amide bonds. The van der Waals surface area contributed by atoms with Gasteiger partial charge < -0.3 is 17.0 Å². The fraction of sp³-hybridized carbons (Fsp3) is 0.129. The Morgan fingerprint density at radius 2 is 1.54 bits per heavy atom. The van der Waals surface area contributed by atoms with Crippen LogP contribution in [0.1, 0.15) is 16.7 Å². The summed E-state index contributed by atoms with van der Waals surface area (Å²) in [6.45, 7) is 2.65. The lowest BCUT2D eigenvalue weighted by Crippen LogP contribution is -3.00. The predicted molar refractivity (Wildman–Crippen MR) is 139 cm³/mol. The van der Waals surface area contributed by atoms with Crippen LogP contribution in [0.5, 0.6) is 0 Å². The first kappa shape index (κ1) is 24.8. The number of alkyl halides is 3. The molecule has 0 fully saturated rings. The highest BCUT2D eigenvalue weighted by atomic mass is 35.5. The van der Waals surface area contributed by atoms with Gasteiger partial charge in [-0.1, -0.05) is 36.4 Å². The first-order chi connectivity index (χ1) is 17.3. The van der Waals surface area contributed by atoms with E-state index in [9.17, 15) is 13.2 Å². The number of fused-ring (bicyclic) bond motifs is 4. The Labute approximate surface area is 219 Å². The van der Waals surface area contributed by atoms with Crippen molar-refractivity contribution in [1.29, 1.82) is 0 Å². The van der Waals surface area contributed by atoms with E-state index in [1.165, 1.54) is 27.2 Å². The molecule has 0 N–H and O–H groups in total. The Balaban J connectivity index is 0.00000280. The number of nitrogens with zero attached hydrogens (tertiary/aromatic N) is 2. The normalized spacial score (nSPS) is 11.8. The maximum absolute atomic E-state index is 12.9. The van der Waals surface area contributed by atoms with Crippen LogP contribution >= 0.6 is 0 Å². The third-order valence-electron chi connectivity index (χ3n) is 7.03. The summed E-state index contributed by atoms with van der Waals surface area (Å²) in [5.74, 6) is 0. The Bertz CT molecular complexity index is 1770. The largest absolute Gasteiger partial charge is 1.00 e. The molecule has 37 heavy (non-hydrogen) atoms. The van der Waals surface area contributed by atoms with Crippen LogP contribution in [0.15, 0.2) is 97.3 Å². The maximum atomic E-state index is 12.9. The molecule has 0 bridgehead atoms. The van der Waals surface area contributed by atoms with E-state index < -0.39 is 11.7 Å². The number of benzene rings is 4. The summed E-state index contributed by atoms with van der Waals surface area (Å²) in [4.78, 5) is 0. The number of aromatic nitrogens is 2. The number of halogens is 4. The quantitative estimate of drug-likeness (QED) is 0.236. The van der Waals surface area contributed by atoms with Crippen molar-refractivity contribution in [1.82, 2.24) is 4.57 Å². The average molecular weight is 517 g/mol. The number of aryl methyl sites for hydroxylation is 2. The molecular weight excluding hydrogens is 493 g/mol. The summed E-state index contributed by atoms with van der Waals surface area (Å²) < 4.78 is 43.0. The Morgan fingerprint density at radius 1 is 0.811 bits per heavy atom. The van der Waals surface area contributed by atoms with Crippen LogP contribution in [-0.2, 0) is 19.8 Å². The number of hydrogen-bond donors (Lipinski definition) is 0. The van der Waals surface area contributed by atoms with E-state index in [2.05, 4.69) is 83.9 Å². The van der Waals surface area contributed by atoms with E-state index in [1.54, 1.807) is 12.1 Å². The van der Waals surface area contributed by atoms with E-state index >= 15 is 0 Å². The van der Waals surface area contributed by atoms with Crippen molar-refractivity contribution in [2.45, 2.75) is 19.6 Å². The third-order valence-corrected chi connectivity index (χ3v) is 7.03. The lowest BCUT2D eigenvalue weighted by molar-refractivity contribution is -0.643. The summed E-state index contributed by atoms with van der Waals surface area (Å²) in [6.07, 6.45) is -0.164. The SMILES string of the molecule is Cc1cccc2c[n+](C)c3ccc(-c4ccc5ccn(Cc6ccc(C(F)(F)F)cc6)c5c4)cc3c12.[Cl-]. The minimum atomic E-state index is -4.33. The standard InChI is InChI=1S/C31H24F3N2.ClH/c1-20-4-3-5-25-19-35(2)28-13-10-23(16-27(28)30(20)25)24-9-8-22-14-15-36(29(22)17-24)18-21-6-11-26(12-7-21)31(32,33)34;/h3-17,19H,18H2,1-2H3;1H/q+1;/p-1. The summed E-state index contributed by atoms with van der Waals surface area (Å²) >= 11 is 0. The van der Waals surface area contributed by atoms with E-state index in [-0.39, 0.29) is 12.4 Å². The first-order valence-corrected chi connectivity index (χ1v) is 11.8. The topological polar surface area (TPSA) is 8.81 Å². The summed E-state index contributed by atoms with van der Waals surface area (Å²) in [6, 6.07) is 26.8. The van der Waals surface area contributed by atoms with Gasteiger partial charge in [-0.05, 0) is 77.0 Å². The van der Waals surface area contributed by atoms with Crippen LogP contribution in [-0.4, -0.2) is 4.57 Å². The molecule has 4 aromatic carbocycles. The lowest BCUT2D eigenvalue weighted by Gasteiger charge is -2.11. The van der Waals surface area contributed by atoms with E-state index in [0.29, 0.717) is 6.54 Å². The van der Waals surface area contributed by atoms with Crippen molar-refractivity contribution in [2.75, 3.05) is 0 Å². The summed E-state index contributed by atoms with van der Waals surface area (Å²) in [7, 11) is 2.07. The predicted octanol–water partition coefficient (Wildman–Crippen LogP) is 4.82. The highest BCUT2D eigenvalue weighted by Gasteiger charge is 2.29. The van der Waals surface area contributed by atoms with Crippen molar-refractivity contribution >= 4 is 32.6 Å². The van der Waals surface area contributed by atoms with Gasteiger partial charge in [0.25, 0.3) is 0 Å². The molecular formula is C31H24ClF3N2. The van der Waals surface area contributed by atoms with Crippen LogP contribution in [0.3, 0.4) is 0 Å². The molecule has 0 aliphatic heterocycles. The van der Waals surface area contributed by atoms with Gasteiger partial charge in [0, 0.05) is 35.1 Å². The molecule has 0 atom stereocenters.